The fraction of sp³-hybridized carbons (Fsp3) is 0.316. The van der Waals surface area contributed by atoms with E-state index in [1.807, 2.05) is 26.8 Å². The molecule has 0 bridgehead atoms. The van der Waals surface area contributed by atoms with E-state index in [0.717, 1.165) is 21.3 Å². The number of anilines is 1. The molecule has 5 heteroatoms. The molecule has 4 nitrogen and oxygen atoms in total. The number of ether oxygens (including phenoxy) is 2. The first kappa shape index (κ1) is 18.5. The van der Waals surface area contributed by atoms with Gasteiger partial charge in [-0.15, -0.1) is 0 Å². The Kier molecular flexibility index (Phi) is 6.40. The van der Waals surface area contributed by atoms with Gasteiger partial charge in [0.15, 0.2) is 0 Å². The highest BCUT2D eigenvalue weighted by Gasteiger charge is 2.16. The Morgan fingerprint density at radius 2 is 1.75 bits per heavy atom. The van der Waals surface area contributed by atoms with Crippen LogP contribution in [0.15, 0.2) is 34.8 Å². The predicted molar refractivity (Wildman–Crippen MR) is 100 cm³/mol. The topological polar surface area (TPSA) is 47.6 Å². The van der Waals surface area contributed by atoms with E-state index < -0.39 is 0 Å². The van der Waals surface area contributed by atoms with Crippen LogP contribution in [-0.4, -0.2) is 26.2 Å². The molecular weight excluding hydrogens is 370 g/mol. The lowest BCUT2D eigenvalue weighted by Gasteiger charge is -2.15. The van der Waals surface area contributed by atoms with Crippen molar-refractivity contribution in [3.8, 4) is 5.75 Å². The van der Waals surface area contributed by atoms with E-state index in [2.05, 4.69) is 33.4 Å². The van der Waals surface area contributed by atoms with Gasteiger partial charge in [0, 0.05) is 17.3 Å². The van der Waals surface area contributed by atoms with Gasteiger partial charge < -0.3 is 14.8 Å². The SMILES string of the molecule is COCCOc1ccc(Br)cc1C(=O)Nc1c(C)cc(C)cc1C. The number of carbonyl (C=O) groups is 1. The molecule has 1 N–H and O–H groups in total. The lowest BCUT2D eigenvalue weighted by atomic mass is 10.0. The summed E-state index contributed by atoms with van der Waals surface area (Å²) in [4.78, 5) is 12.8. The normalized spacial score (nSPS) is 10.5. The minimum atomic E-state index is -0.196. The van der Waals surface area contributed by atoms with Gasteiger partial charge in [-0.2, -0.15) is 0 Å². The van der Waals surface area contributed by atoms with E-state index in [9.17, 15) is 4.79 Å². The Hall–Kier alpha value is -1.85. The molecule has 0 fully saturated rings. The van der Waals surface area contributed by atoms with Crippen LogP contribution >= 0.6 is 15.9 Å². The van der Waals surface area contributed by atoms with E-state index in [0.29, 0.717) is 24.5 Å². The van der Waals surface area contributed by atoms with Crippen LogP contribution in [0.3, 0.4) is 0 Å². The molecule has 0 aliphatic carbocycles. The Balaban J connectivity index is 2.28. The molecule has 0 aliphatic rings. The molecule has 0 unspecified atom stereocenters. The molecule has 0 heterocycles. The minimum Gasteiger partial charge on any atom is -0.490 e. The van der Waals surface area contributed by atoms with Crippen molar-refractivity contribution >= 4 is 27.5 Å². The van der Waals surface area contributed by atoms with Crippen LogP contribution in [0, 0.1) is 20.8 Å². The quantitative estimate of drug-likeness (QED) is 0.728. The molecule has 0 spiro atoms. The third kappa shape index (κ3) is 4.58. The summed E-state index contributed by atoms with van der Waals surface area (Å²) in [5.74, 6) is 0.342. The third-order valence-electron chi connectivity index (χ3n) is 3.65. The molecule has 0 aromatic heterocycles. The monoisotopic (exact) mass is 391 g/mol. The van der Waals surface area contributed by atoms with Crippen LogP contribution in [-0.2, 0) is 4.74 Å². The van der Waals surface area contributed by atoms with Gasteiger partial charge in [-0.05, 0) is 50.1 Å². The zero-order valence-electron chi connectivity index (χ0n) is 14.4. The fourth-order valence-corrected chi connectivity index (χ4v) is 2.96. The Morgan fingerprint density at radius 3 is 2.38 bits per heavy atom. The molecule has 2 rings (SSSR count). The number of methoxy groups -OCH3 is 1. The molecule has 0 saturated heterocycles. The summed E-state index contributed by atoms with van der Waals surface area (Å²) in [6, 6.07) is 9.50. The first-order valence-corrected chi connectivity index (χ1v) is 8.52. The van der Waals surface area contributed by atoms with Gasteiger partial charge in [-0.25, -0.2) is 0 Å². The Labute approximate surface area is 151 Å². The summed E-state index contributed by atoms with van der Waals surface area (Å²) in [6.45, 7) is 6.88. The van der Waals surface area contributed by atoms with Crippen molar-refractivity contribution in [3.05, 3.63) is 57.1 Å². The highest BCUT2D eigenvalue weighted by atomic mass is 79.9. The minimum absolute atomic E-state index is 0.196. The smallest absolute Gasteiger partial charge is 0.259 e. The molecule has 0 aliphatic heterocycles. The van der Waals surface area contributed by atoms with Crippen LogP contribution in [0.2, 0.25) is 0 Å². The second kappa shape index (κ2) is 8.31. The molecule has 1 amide bonds. The van der Waals surface area contributed by atoms with Gasteiger partial charge in [0.2, 0.25) is 0 Å². The number of carbonyl (C=O) groups excluding carboxylic acids is 1. The van der Waals surface area contributed by atoms with Gasteiger partial charge in [-0.1, -0.05) is 33.6 Å². The van der Waals surface area contributed by atoms with E-state index in [-0.39, 0.29) is 5.91 Å². The van der Waals surface area contributed by atoms with Gasteiger partial charge >= 0.3 is 0 Å². The van der Waals surface area contributed by atoms with Crippen molar-refractivity contribution < 1.29 is 14.3 Å². The summed E-state index contributed by atoms with van der Waals surface area (Å²) in [7, 11) is 1.61. The standard InChI is InChI=1S/C19H22BrNO3/c1-12-9-13(2)18(14(3)10-12)21-19(22)16-11-15(20)5-6-17(16)24-8-7-23-4/h5-6,9-11H,7-8H2,1-4H3,(H,21,22). The molecule has 24 heavy (non-hydrogen) atoms. The second-order valence-corrected chi connectivity index (χ2v) is 6.63. The van der Waals surface area contributed by atoms with Crippen molar-refractivity contribution in [3.63, 3.8) is 0 Å². The van der Waals surface area contributed by atoms with E-state index in [1.165, 1.54) is 5.56 Å². The van der Waals surface area contributed by atoms with Gasteiger partial charge in [0.1, 0.15) is 12.4 Å². The Bertz CT molecular complexity index is 720. The average Bonchev–Trinajstić information content (AvgIpc) is 2.52. The first-order chi connectivity index (χ1) is 11.4. The summed E-state index contributed by atoms with van der Waals surface area (Å²) < 4.78 is 11.5. The highest BCUT2D eigenvalue weighted by molar-refractivity contribution is 9.10. The summed E-state index contributed by atoms with van der Waals surface area (Å²) in [5, 5.41) is 3.01. The van der Waals surface area contributed by atoms with Crippen molar-refractivity contribution in [1.82, 2.24) is 0 Å². The van der Waals surface area contributed by atoms with E-state index >= 15 is 0 Å². The number of hydrogen-bond donors (Lipinski definition) is 1. The lowest BCUT2D eigenvalue weighted by molar-refractivity contribution is 0.101. The number of hydrogen-bond acceptors (Lipinski definition) is 3. The van der Waals surface area contributed by atoms with Crippen molar-refractivity contribution in [2.24, 2.45) is 0 Å². The number of benzene rings is 2. The molecule has 128 valence electrons. The molecule has 0 saturated carbocycles. The van der Waals surface area contributed by atoms with Crippen molar-refractivity contribution in [1.29, 1.82) is 0 Å². The number of nitrogens with one attached hydrogen (secondary N) is 1. The van der Waals surface area contributed by atoms with Gasteiger partial charge in [-0.3, -0.25) is 4.79 Å². The van der Waals surface area contributed by atoms with Crippen LogP contribution < -0.4 is 10.1 Å². The predicted octanol–water partition coefficient (Wildman–Crippen LogP) is 4.65. The maximum atomic E-state index is 12.8. The Morgan fingerprint density at radius 1 is 1.08 bits per heavy atom. The zero-order chi connectivity index (χ0) is 17.7. The largest absolute Gasteiger partial charge is 0.490 e. The van der Waals surface area contributed by atoms with Crippen molar-refractivity contribution in [2.75, 3.05) is 25.6 Å². The van der Waals surface area contributed by atoms with Crippen LogP contribution in [0.25, 0.3) is 0 Å². The maximum Gasteiger partial charge on any atom is 0.259 e. The van der Waals surface area contributed by atoms with Gasteiger partial charge in [0.05, 0.1) is 12.2 Å². The fourth-order valence-electron chi connectivity index (χ4n) is 2.60. The van der Waals surface area contributed by atoms with Crippen molar-refractivity contribution in [2.45, 2.75) is 20.8 Å². The van der Waals surface area contributed by atoms with Crippen LogP contribution in [0.5, 0.6) is 5.75 Å². The van der Waals surface area contributed by atoms with Crippen LogP contribution in [0.4, 0.5) is 5.69 Å². The first-order valence-electron chi connectivity index (χ1n) is 7.73. The average molecular weight is 392 g/mol. The number of aryl methyl sites for hydroxylation is 3. The maximum absolute atomic E-state index is 12.8. The molecular formula is C19H22BrNO3. The molecule has 2 aromatic rings. The number of amides is 1. The van der Waals surface area contributed by atoms with E-state index in [4.69, 9.17) is 9.47 Å². The molecule has 0 radical (unpaired) electrons. The number of rotatable bonds is 6. The lowest BCUT2D eigenvalue weighted by Crippen LogP contribution is -2.16. The summed E-state index contributed by atoms with van der Waals surface area (Å²) in [6.07, 6.45) is 0. The van der Waals surface area contributed by atoms with E-state index in [1.54, 1.807) is 19.2 Å². The number of halogens is 1. The molecule has 2 aromatic carbocycles. The molecule has 0 atom stereocenters. The third-order valence-corrected chi connectivity index (χ3v) is 4.14. The second-order valence-electron chi connectivity index (χ2n) is 5.71. The highest BCUT2D eigenvalue weighted by Crippen LogP contribution is 2.27. The van der Waals surface area contributed by atoms with Crippen LogP contribution in [0.1, 0.15) is 27.0 Å². The zero-order valence-corrected chi connectivity index (χ0v) is 16.0. The van der Waals surface area contributed by atoms with Gasteiger partial charge in [0.25, 0.3) is 5.91 Å². The summed E-state index contributed by atoms with van der Waals surface area (Å²) >= 11 is 3.41. The summed E-state index contributed by atoms with van der Waals surface area (Å²) in [5.41, 5.74) is 4.58.